The van der Waals surface area contributed by atoms with Crippen LogP contribution in [-0.4, -0.2) is 23.7 Å². The highest BCUT2D eigenvalue weighted by atomic mass is 16.5. The summed E-state index contributed by atoms with van der Waals surface area (Å²) in [4.78, 5) is 4.36. The first-order valence-corrected chi connectivity index (χ1v) is 6.65. The lowest BCUT2D eigenvalue weighted by Gasteiger charge is -2.12. The predicted octanol–water partition coefficient (Wildman–Crippen LogP) is 1.68. The molecule has 0 unspecified atom stereocenters. The molecule has 1 aliphatic carbocycles. The van der Waals surface area contributed by atoms with Crippen molar-refractivity contribution in [3.8, 4) is 0 Å². The summed E-state index contributed by atoms with van der Waals surface area (Å²) in [5, 5.41) is 7.20. The number of nitrogens with two attached hydrogens (primary N) is 1. The SMILES string of the molecule is Cc1noc(C)c1CCN=C(N)NC1CCCC1. The number of aliphatic imine (C=N–C) groups is 1. The molecule has 5 heteroatoms. The van der Waals surface area contributed by atoms with Gasteiger partial charge < -0.3 is 15.6 Å². The molecule has 0 saturated heterocycles. The summed E-state index contributed by atoms with van der Waals surface area (Å²) in [6, 6.07) is 0.521. The molecule has 1 heterocycles. The van der Waals surface area contributed by atoms with Gasteiger partial charge in [0.25, 0.3) is 0 Å². The Balaban J connectivity index is 1.79. The molecular weight excluding hydrogens is 228 g/mol. The van der Waals surface area contributed by atoms with Gasteiger partial charge in [0.15, 0.2) is 5.96 Å². The van der Waals surface area contributed by atoms with Crippen molar-refractivity contribution in [2.75, 3.05) is 6.54 Å². The van der Waals surface area contributed by atoms with Gasteiger partial charge in [0.05, 0.1) is 5.69 Å². The van der Waals surface area contributed by atoms with Crippen molar-refractivity contribution in [2.24, 2.45) is 10.7 Å². The lowest BCUT2D eigenvalue weighted by Crippen LogP contribution is -2.38. The van der Waals surface area contributed by atoms with Gasteiger partial charge in [-0.3, -0.25) is 4.99 Å². The first-order chi connectivity index (χ1) is 8.66. The van der Waals surface area contributed by atoms with Crippen molar-refractivity contribution in [3.63, 3.8) is 0 Å². The summed E-state index contributed by atoms with van der Waals surface area (Å²) in [7, 11) is 0. The summed E-state index contributed by atoms with van der Waals surface area (Å²) in [6.07, 6.45) is 5.84. The Morgan fingerprint density at radius 3 is 2.78 bits per heavy atom. The van der Waals surface area contributed by atoms with Crippen LogP contribution in [0.25, 0.3) is 0 Å². The van der Waals surface area contributed by atoms with Crippen molar-refractivity contribution in [3.05, 3.63) is 17.0 Å². The van der Waals surface area contributed by atoms with Crippen molar-refractivity contribution < 1.29 is 4.52 Å². The highest BCUT2D eigenvalue weighted by Crippen LogP contribution is 2.17. The fourth-order valence-corrected chi connectivity index (χ4v) is 2.47. The van der Waals surface area contributed by atoms with E-state index in [2.05, 4.69) is 15.5 Å². The molecular formula is C13H22N4O. The van der Waals surface area contributed by atoms with Crippen molar-refractivity contribution in [2.45, 2.75) is 52.0 Å². The smallest absolute Gasteiger partial charge is 0.188 e. The molecule has 0 aliphatic heterocycles. The highest BCUT2D eigenvalue weighted by molar-refractivity contribution is 5.78. The molecule has 1 saturated carbocycles. The number of hydrogen-bond acceptors (Lipinski definition) is 3. The van der Waals surface area contributed by atoms with Crippen molar-refractivity contribution in [1.29, 1.82) is 0 Å². The van der Waals surface area contributed by atoms with Crippen molar-refractivity contribution >= 4 is 5.96 Å². The highest BCUT2D eigenvalue weighted by Gasteiger charge is 2.14. The van der Waals surface area contributed by atoms with E-state index >= 15 is 0 Å². The van der Waals surface area contributed by atoms with Crippen LogP contribution < -0.4 is 11.1 Å². The van der Waals surface area contributed by atoms with E-state index in [1.165, 1.54) is 25.7 Å². The van der Waals surface area contributed by atoms with E-state index in [0.29, 0.717) is 18.5 Å². The molecule has 0 atom stereocenters. The second-order valence-electron chi connectivity index (χ2n) is 4.95. The van der Waals surface area contributed by atoms with E-state index in [0.717, 1.165) is 23.4 Å². The van der Waals surface area contributed by atoms with Gasteiger partial charge in [-0.15, -0.1) is 0 Å². The molecule has 5 nitrogen and oxygen atoms in total. The second kappa shape index (κ2) is 5.89. The molecule has 1 fully saturated rings. The zero-order chi connectivity index (χ0) is 13.0. The Morgan fingerprint density at radius 2 is 2.17 bits per heavy atom. The van der Waals surface area contributed by atoms with Gasteiger partial charge in [0, 0.05) is 18.2 Å². The zero-order valence-electron chi connectivity index (χ0n) is 11.2. The standard InChI is InChI=1S/C13H22N4O/c1-9-12(10(2)18-17-9)7-8-15-13(14)16-11-5-3-4-6-11/h11H,3-8H2,1-2H3,(H3,14,15,16). The third kappa shape index (κ3) is 3.24. The first kappa shape index (κ1) is 12.9. The molecule has 0 spiro atoms. The van der Waals surface area contributed by atoms with Crippen LogP contribution in [0.3, 0.4) is 0 Å². The van der Waals surface area contributed by atoms with Crippen LogP contribution in [0.1, 0.15) is 42.7 Å². The Labute approximate surface area is 108 Å². The van der Waals surface area contributed by atoms with E-state index in [-0.39, 0.29) is 0 Å². The van der Waals surface area contributed by atoms with Gasteiger partial charge in [-0.2, -0.15) is 0 Å². The molecule has 100 valence electrons. The molecule has 18 heavy (non-hydrogen) atoms. The van der Waals surface area contributed by atoms with Gasteiger partial charge in [-0.25, -0.2) is 0 Å². The number of guanidine groups is 1. The molecule has 0 bridgehead atoms. The van der Waals surface area contributed by atoms with Gasteiger partial charge >= 0.3 is 0 Å². The second-order valence-corrected chi connectivity index (χ2v) is 4.95. The predicted molar refractivity (Wildman–Crippen MR) is 71.6 cm³/mol. The third-order valence-electron chi connectivity index (χ3n) is 3.53. The zero-order valence-corrected chi connectivity index (χ0v) is 11.2. The minimum atomic E-state index is 0.521. The Hall–Kier alpha value is -1.52. The molecule has 1 aromatic heterocycles. The van der Waals surface area contributed by atoms with E-state index < -0.39 is 0 Å². The maximum absolute atomic E-state index is 5.87. The van der Waals surface area contributed by atoms with Crippen LogP contribution >= 0.6 is 0 Å². The van der Waals surface area contributed by atoms with E-state index in [1.807, 2.05) is 13.8 Å². The number of aromatic nitrogens is 1. The molecule has 2 rings (SSSR count). The molecule has 1 aromatic rings. The number of aryl methyl sites for hydroxylation is 2. The van der Waals surface area contributed by atoms with Crippen LogP contribution in [0, 0.1) is 13.8 Å². The molecule has 1 aliphatic rings. The average molecular weight is 250 g/mol. The van der Waals surface area contributed by atoms with Gasteiger partial charge in [-0.05, 0) is 33.1 Å². The summed E-state index contributed by atoms with van der Waals surface area (Å²) in [5.41, 5.74) is 7.96. The first-order valence-electron chi connectivity index (χ1n) is 6.65. The van der Waals surface area contributed by atoms with Crippen LogP contribution in [0.4, 0.5) is 0 Å². The lowest BCUT2D eigenvalue weighted by molar-refractivity contribution is 0.392. The minimum Gasteiger partial charge on any atom is -0.370 e. The Morgan fingerprint density at radius 1 is 1.44 bits per heavy atom. The van der Waals surface area contributed by atoms with Crippen LogP contribution in [0.2, 0.25) is 0 Å². The third-order valence-corrected chi connectivity index (χ3v) is 3.53. The summed E-state index contributed by atoms with van der Waals surface area (Å²) < 4.78 is 5.12. The van der Waals surface area contributed by atoms with E-state index in [9.17, 15) is 0 Å². The number of hydrogen-bond donors (Lipinski definition) is 2. The topological polar surface area (TPSA) is 76.4 Å². The number of nitrogens with zero attached hydrogens (tertiary/aromatic N) is 2. The Kier molecular flexibility index (Phi) is 4.23. The van der Waals surface area contributed by atoms with Crippen LogP contribution in [0.15, 0.2) is 9.52 Å². The normalized spacial score (nSPS) is 17.3. The molecule has 0 radical (unpaired) electrons. The maximum atomic E-state index is 5.87. The largest absolute Gasteiger partial charge is 0.370 e. The van der Waals surface area contributed by atoms with E-state index in [1.54, 1.807) is 0 Å². The monoisotopic (exact) mass is 250 g/mol. The molecule has 0 aromatic carbocycles. The van der Waals surface area contributed by atoms with E-state index in [4.69, 9.17) is 10.3 Å². The van der Waals surface area contributed by atoms with Crippen LogP contribution in [0.5, 0.6) is 0 Å². The van der Waals surface area contributed by atoms with Crippen molar-refractivity contribution in [1.82, 2.24) is 10.5 Å². The fraction of sp³-hybridized carbons (Fsp3) is 0.692. The summed E-state index contributed by atoms with van der Waals surface area (Å²) in [6.45, 7) is 4.56. The van der Waals surface area contributed by atoms with Crippen LogP contribution in [-0.2, 0) is 6.42 Å². The molecule has 3 N–H and O–H groups in total. The van der Waals surface area contributed by atoms with Gasteiger partial charge in [-0.1, -0.05) is 18.0 Å². The van der Waals surface area contributed by atoms with Gasteiger partial charge in [0.1, 0.15) is 5.76 Å². The Bertz CT molecular complexity index is 399. The average Bonchev–Trinajstić information content (AvgIpc) is 2.93. The summed E-state index contributed by atoms with van der Waals surface area (Å²) >= 11 is 0. The molecule has 0 amide bonds. The van der Waals surface area contributed by atoms with Gasteiger partial charge in [0.2, 0.25) is 0 Å². The lowest BCUT2D eigenvalue weighted by atomic mass is 10.1. The minimum absolute atomic E-state index is 0.521. The fourth-order valence-electron chi connectivity index (χ4n) is 2.47. The maximum Gasteiger partial charge on any atom is 0.188 e. The summed E-state index contributed by atoms with van der Waals surface area (Å²) in [5.74, 6) is 1.44. The number of nitrogens with one attached hydrogen (secondary N) is 1. The number of rotatable bonds is 4. The quantitative estimate of drug-likeness (QED) is 0.629.